The molecule has 0 aliphatic carbocycles. The van der Waals surface area contributed by atoms with Crippen molar-refractivity contribution in [3.8, 4) is 39.6 Å². The summed E-state index contributed by atoms with van der Waals surface area (Å²) in [6.07, 6.45) is 0. The van der Waals surface area contributed by atoms with Gasteiger partial charge in [-0.1, -0.05) is 133 Å². The van der Waals surface area contributed by atoms with Gasteiger partial charge >= 0.3 is 0 Å². The van der Waals surface area contributed by atoms with Gasteiger partial charge in [0.2, 0.25) is 0 Å². The van der Waals surface area contributed by atoms with Crippen molar-refractivity contribution in [2.24, 2.45) is 0 Å². The molecular formula is C50H31N5O. The predicted molar refractivity (Wildman–Crippen MR) is 228 cm³/mol. The first-order valence-electron chi connectivity index (χ1n) is 18.8. The molecule has 6 nitrogen and oxygen atoms in total. The van der Waals surface area contributed by atoms with E-state index in [1.54, 1.807) is 0 Å². The van der Waals surface area contributed by atoms with Gasteiger partial charge in [0.1, 0.15) is 22.6 Å². The van der Waals surface area contributed by atoms with Crippen LogP contribution < -0.4 is 0 Å². The van der Waals surface area contributed by atoms with E-state index in [9.17, 15) is 0 Å². The van der Waals surface area contributed by atoms with Crippen molar-refractivity contribution in [2.75, 3.05) is 0 Å². The number of fused-ring (bicyclic) bond motifs is 9. The van der Waals surface area contributed by atoms with Crippen molar-refractivity contribution in [3.05, 3.63) is 188 Å². The van der Waals surface area contributed by atoms with Crippen LogP contribution in [-0.2, 0) is 0 Å². The largest absolute Gasteiger partial charge is 0.456 e. The SMILES string of the molecule is c1ccc(-c2nnn(-c3ccc4c5ccccc5n(-c5cccc(-n6c7ccccc7c7cc8c(cc76)oc6ccccc68)c5)c4c3)c2-c2ccccc2)cc1. The van der Waals surface area contributed by atoms with Crippen LogP contribution in [0.3, 0.4) is 0 Å². The zero-order valence-electron chi connectivity index (χ0n) is 30.0. The van der Waals surface area contributed by atoms with Gasteiger partial charge in [-0.15, -0.1) is 5.10 Å². The summed E-state index contributed by atoms with van der Waals surface area (Å²) in [4.78, 5) is 0. The Labute approximate surface area is 320 Å². The topological polar surface area (TPSA) is 53.7 Å². The third kappa shape index (κ3) is 4.50. The van der Waals surface area contributed by atoms with E-state index in [4.69, 9.17) is 14.7 Å². The maximum absolute atomic E-state index is 6.41. The molecular weight excluding hydrogens is 687 g/mol. The lowest BCUT2D eigenvalue weighted by molar-refractivity contribution is 0.669. The molecule has 8 aromatic carbocycles. The first kappa shape index (κ1) is 30.7. The second kappa shape index (κ2) is 11.9. The van der Waals surface area contributed by atoms with Crippen LogP contribution in [0.1, 0.15) is 0 Å². The molecule has 0 bridgehead atoms. The lowest BCUT2D eigenvalue weighted by Gasteiger charge is -2.13. The highest BCUT2D eigenvalue weighted by Crippen LogP contribution is 2.40. The number of benzene rings is 8. The van der Waals surface area contributed by atoms with E-state index < -0.39 is 0 Å². The van der Waals surface area contributed by atoms with Crippen molar-refractivity contribution >= 4 is 65.6 Å². The molecule has 0 amide bonds. The molecule has 0 aliphatic heterocycles. The summed E-state index contributed by atoms with van der Waals surface area (Å²) in [6, 6.07) is 66.3. The van der Waals surface area contributed by atoms with Gasteiger partial charge in [0.05, 0.1) is 27.8 Å². The minimum atomic E-state index is 0.844. The van der Waals surface area contributed by atoms with Gasteiger partial charge < -0.3 is 13.6 Å². The summed E-state index contributed by atoms with van der Waals surface area (Å²) in [5, 5.41) is 16.6. The molecule has 6 heteroatoms. The summed E-state index contributed by atoms with van der Waals surface area (Å²) >= 11 is 0. The average Bonchev–Trinajstić information content (AvgIpc) is 4.03. The zero-order valence-corrected chi connectivity index (χ0v) is 30.0. The fourth-order valence-electron chi connectivity index (χ4n) is 8.71. The fraction of sp³-hybridized carbons (Fsp3) is 0. The Balaban J connectivity index is 1.08. The van der Waals surface area contributed by atoms with Crippen LogP contribution in [0.4, 0.5) is 0 Å². The van der Waals surface area contributed by atoms with Crippen LogP contribution in [0.5, 0.6) is 0 Å². The van der Waals surface area contributed by atoms with Crippen molar-refractivity contribution in [3.63, 3.8) is 0 Å². The molecule has 0 saturated carbocycles. The second-order valence-corrected chi connectivity index (χ2v) is 14.3. The summed E-state index contributed by atoms with van der Waals surface area (Å²) < 4.78 is 13.1. The summed E-state index contributed by atoms with van der Waals surface area (Å²) in [5.74, 6) is 0. The molecule has 4 aromatic heterocycles. The minimum absolute atomic E-state index is 0.844. The molecule has 0 aliphatic rings. The molecule has 0 saturated heterocycles. The van der Waals surface area contributed by atoms with Crippen molar-refractivity contribution in [1.82, 2.24) is 24.1 Å². The molecule has 0 radical (unpaired) electrons. The van der Waals surface area contributed by atoms with Crippen LogP contribution in [-0.4, -0.2) is 24.1 Å². The lowest BCUT2D eigenvalue weighted by atomic mass is 10.0. The normalized spacial score (nSPS) is 11.9. The summed E-state index contributed by atoms with van der Waals surface area (Å²) in [6.45, 7) is 0. The Morgan fingerprint density at radius 2 is 0.946 bits per heavy atom. The predicted octanol–water partition coefficient (Wildman–Crippen LogP) is 12.7. The maximum atomic E-state index is 6.41. The van der Waals surface area contributed by atoms with Crippen molar-refractivity contribution in [2.45, 2.75) is 0 Å². The average molecular weight is 718 g/mol. The molecule has 0 unspecified atom stereocenters. The van der Waals surface area contributed by atoms with Crippen LogP contribution in [0.15, 0.2) is 192 Å². The zero-order chi connectivity index (χ0) is 36.7. The highest BCUT2D eigenvalue weighted by atomic mass is 16.3. The molecule has 4 heterocycles. The van der Waals surface area contributed by atoms with Gasteiger partial charge in [-0.3, -0.25) is 0 Å². The highest BCUT2D eigenvalue weighted by Gasteiger charge is 2.21. The van der Waals surface area contributed by atoms with Crippen LogP contribution in [0.2, 0.25) is 0 Å². The Morgan fingerprint density at radius 1 is 0.357 bits per heavy atom. The van der Waals surface area contributed by atoms with Gasteiger partial charge in [-0.2, -0.15) is 0 Å². The molecule has 12 aromatic rings. The smallest absolute Gasteiger partial charge is 0.137 e. The quantitative estimate of drug-likeness (QED) is 0.178. The standard InChI is InChI=1S/C50H31N5O/c1-3-14-32(15-4-1)49-50(33-16-5-2-6-17-33)55(52-51-49)36-26-27-39-37-20-7-10-23-43(37)53(45(39)29-36)34-18-13-19-35(28-34)54-44-24-11-8-21-38(44)41-30-42-40-22-9-12-25-47(40)56-48(42)31-46(41)54/h1-31H. The number of hydrogen-bond donors (Lipinski definition) is 0. The molecule has 0 N–H and O–H groups in total. The van der Waals surface area contributed by atoms with Crippen molar-refractivity contribution < 1.29 is 4.42 Å². The lowest BCUT2D eigenvalue weighted by Crippen LogP contribution is -2.01. The number of furan rings is 1. The van der Waals surface area contributed by atoms with E-state index in [2.05, 4.69) is 161 Å². The van der Waals surface area contributed by atoms with Gasteiger partial charge in [0.15, 0.2) is 0 Å². The molecule has 0 spiro atoms. The Hall–Kier alpha value is -7.70. The van der Waals surface area contributed by atoms with E-state index >= 15 is 0 Å². The Kier molecular flexibility index (Phi) is 6.53. The van der Waals surface area contributed by atoms with Gasteiger partial charge in [-0.25, -0.2) is 4.68 Å². The fourth-order valence-corrected chi connectivity index (χ4v) is 8.71. The number of rotatable bonds is 5. The van der Waals surface area contributed by atoms with Crippen molar-refractivity contribution in [1.29, 1.82) is 0 Å². The summed E-state index contributed by atoms with van der Waals surface area (Å²) in [7, 11) is 0. The van der Waals surface area contributed by atoms with Gasteiger partial charge in [0, 0.05) is 60.9 Å². The third-order valence-electron chi connectivity index (χ3n) is 11.2. The van der Waals surface area contributed by atoms with E-state index in [1.165, 1.54) is 21.5 Å². The molecule has 12 rings (SSSR count). The number of aromatic nitrogens is 5. The third-order valence-corrected chi connectivity index (χ3v) is 11.2. The highest BCUT2D eigenvalue weighted by molar-refractivity contribution is 6.17. The van der Waals surface area contributed by atoms with Crippen LogP contribution in [0.25, 0.3) is 105 Å². The van der Waals surface area contributed by atoms with E-state index in [0.29, 0.717) is 0 Å². The number of hydrogen-bond acceptors (Lipinski definition) is 3. The molecule has 0 atom stereocenters. The maximum Gasteiger partial charge on any atom is 0.137 e. The van der Waals surface area contributed by atoms with E-state index in [-0.39, 0.29) is 0 Å². The van der Waals surface area contributed by atoms with E-state index in [1.807, 2.05) is 41.1 Å². The van der Waals surface area contributed by atoms with Crippen LogP contribution in [0, 0.1) is 0 Å². The summed E-state index contributed by atoms with van der Waals surface area (Å²) in [5.41, 5.74) is 13.2. The van der Waals surface area contributed by atoms with Gasteiger partial charge in [0.25, 0.3) is 0 Å². The minimum Gasteiger partial charge on any atom is -0.456 e. The van der Waals surface area contributed by atoms with Crippen LogP contribution >= 0.6 is 0 Å². The first-order chi connectivity index (χ1) is 27.8. The monoisotopic (exact) mass is 717 g/mol. The number of nitrogens with zero attached hydrogens (tertiary/aromatic N) is 5. The molecule has 56 heavy (non-hydrogen) atoms. The Morgan fingerprint density at radius 3 is 1.68 bits per heavy atom. The number of para-hydroxylation sites is 3. The molecule has 262 valence electrons. The van der Waals surface area contributed by atoms with E-state index in [0.717, 1.165) is 83.6 Å². The first-order valence-corrected chi connectivity index (χ1v) is 18.8. The Bertz CT molecular complexity index is 3480. The second-order valence-electron chi connectivity index (χ2n) is 14.3. The molecule has 0 fully saturated rings. The van der Waals surface area contributed by atoms with Gasteiger partial charge in [-0.05, 0) is 54.6 Å².